The van der Waals surface area contributed by atoms with Crippen molar-refractivity contribution in [3.63, 3.8) is 0 Å². The molecule has 4 heteroatoms. The topological polar surface area (TPSA) is 67.8 Å². The van der Waals surface area contributed by atoms with E-state index in [2.05, 4.69) is 12.7 Å². The van der Waals surface area contributed by atoms with Gasteiger partial charge < -0.3 is 10.3 Å². The predicted molar refractivity (Wildman–Crippen MR) is 98.0 cm³/mol. The van der Waals surface area contributed by atoms with Crippen LogP contribution in [0.15, 0.2) is 29.2 Å². The van der Waals surface area contributed by atoms with Gasteiger partial charge in [-0.1, -0.05) is 76.0 Å². The van der Waals surface area contributed by atoms with Gasteiger partial charge in [0, 0.05) is 4.90 Å². The molecule has 0 amide bonds. The quantitative estimate of drug-likeness (QED) is 0.479. The van der Waals surface area contributed by atoms with Gasteiger partial charge in [-0.05, 0) is 43.0 Å². The van der Waals surface area contributed by atoms with Crippen molar-refractivity contribution < 1.29 is 14.5 Å². The van der Waals surface area contributed by atoms with Gasteiger partial charge in [-0.3, -0.25) is 4.21 Å². The van der Waals surface area contributed by atoms with E-state index in [1.54, 1.807) is 24.3 Å². The number of hydrogen-bond acceptors (Lipinski definition) is 2. The summed E-state index contributed by atoms with van der Waals surface area (Å²) in [6, 6.07) is 6.70. The highest BCUT2D eigenvalue weighted by Gasteiger charge is 1.91. The maximum absolute atomic E-state index is 10.3. The molecule has 0 saturated carbocycles. The molecule has 1 aromatic carbocycles. The van der Waals surface area contributed by atoms with Crippen LogP contribution < -0.4 is 5.73 Å². The second-order valence-corrected chi connectivity index (χ2v) is 7.02. The molecule has 0 fully saturated rings. The SMILES string of the molecule is CCCCCCCCCCCC[NH3+].Cc1ccc(S(=O)[O-])cc1. The lowest BCUT2D eigenvalue weighted by Crippen LogP contribution is -2.50. The molecule has 0 aliphatic heterocycles. The monoisotopic (exact) mass is 341 g/mol. The minimum Gasteiger partial charge on any atom is -0.768 e. The van der Waals surface area contributed by atoms with Gasteiger partial charge in [0.25, 0.3) is 0 Å². The normalized spacial score (nSPS) is 11.7. The lowest BCUT2D eigenvalue weighted by molar-refractivity contribution is -0.368. The Bertz CT molecular complexity index is 383. The Labute approximate surface area is 145 Å². The summed E-state index contributed by atoms with van der Waals surface area (Å²) in [4.78, 5) is 0.339. The van der Waals surface area contributed by atoms with Crippen molar-refractivity contribution in [1.29, 1.82) is 0 Å². The molecule has 0 bridgehead atoms. The molecule has 0 radical (unpaired) electrons. The van der Waals surface area contributed by atoms with Gasteiger partial charge in [-0.2, -0.15) is 0 Å². The highest BCUT2D eigenvalue weighted by Crippen LogP contribution is 2.09. The molecular formula is C19H35NO2S. The van der Waals surface area contributed by atoms with Crippen molar-refractivity contribution in [3.8, 4) is 0 Å². The van der Waals surface area contributed by atoms with Crippen LogP contribution in [0.4, 0.5) is 0 Å². The summed E-state index contributed by atoms with van der Waals surface area (Å²) in [5, 5.41) is 0. The number of benzene rings is 1. The zero-order chi connectivity index (χ0) is 17.3. The first kappa shape index (κ1) is 22.3. The van der Waals surface area contributed by atoms with Gasteiger partial charge in [0.1, 0.15) is 0 Å². The summed E-state index contributed by atoms with van der Waals surface area (Å²) in [6.07, 6.45) is 14.2. The molecule has 0 aromatic heterocycles. The number of quaternary nitrogens is 1. The summed E-state index contributed by atoms with van der Waals surface area (Å²) in [6.45, 7) is 5.31. The van der Waals surface area contributed by atoms with E-state index in [1.165, 1.54) is 64.2 Å². The van der Waals surface area contributed by atoms with Crippen molar-refractivity contribution in [2.45, 2.75) is 83.0 Å². The molecule has 1 unspecified atom stereocenters. The molecule has 0 heterocycles. The molecule has 1 aromatic rings. The predicted octanol–water partition coefficient (Wildman–Crippen LogP) is 4.38. The number of unbranched alkanes of at least 4 members (excludes halogenated alkanes) is 9. The van der Waals surface area contributed by atoms with Crippen molar-refractivity contribution >= 4 is 11.1 Å². The van der Waals surface area contributed by atoms with E-state index < -0.39 is 11.1 Å². The average molecular weight is 342 g/mol. The van der Waals surface area contributed by atoms with Crippen molar-refractivity contribution in [2.75, 3.05) is 6.54 Å². The molecule has 3 nitrogen and oxygen atoms in total. The fraction of sp³-hybridized carbons (Fsp3) is 0.684. The van der Waals surface area contributed by atoms with Crippen molar-refractivity contribution in [2.24, 2.45) is 0 Å². The highest BCUT2D eigenvalue weighted by molar-refractivity contribution is 7.79. The summed E-state index contributed by atoms with van der Waals surface area (Å²) in [7, 11) is 0. The largest absolute Gasteiger partial charge is 0.768 e. The van der Waals surface area contributed by atoms with E-state index in [-0.39, 0.29) is 0 Å². The fourth-order valence-corrected chi connectivity index (χ4v) is 2.67. The van der Waals surface area contributed by atoms with Crippen LogP contribution >= 0.6 is 0 Å². The van der Waals surface area contributed by atoms with Crippen LogP contribution in [0.5, 0.6) is 0 Å². The molecule has 1 atom stereocenters. The maximum Gasteiger partial charge on any atom is 0.0739 e. The smallest absolute Gasteiger partial charge is 0.0739 e. The Morgan fingerprint density at radius 2 is 1.30 bits per heavy atom. The van der Waals surface area contributed by atoms with E-state index in [0.29, 0.717) is 4.90 Å². The Kier molecular flexibility index (Phi) is 15.7. The van der Waals surface area contributed by atoms with Gasteiger partial charge in [0.15, 0.2) is 0 Å². The molecular weight excluding hydrogens is 306 g/mol. The third kappa shape index (κ3) is 14.6. The van der Waals surface area contributed by atoms with Crippen LogP contribution in [0.1, 0.15) is 76.7 Å². The molecule has 0 saturated heterocycles. The lowest BCUT2D eigenvalue weighted by Gasteiger charge is -2.03. The Morgan fingerprint density at radius 1 is 0.870 bits per heavy atom. The Morgan fingerprint density at radius 3 is 1.70 bits per heavy atom. The molecule has 0 aliphatic rings. The summed E-state index contributed by atoms with van der Waals surface area (Å²) >= 11 is -2.09. The van der Waals surface area contributed by atoms with Crippen LogP contribution in [0.3, 0.4) is 0 Å². The Balaban J connectivity index is 0.000000433. The van der Waals surface area contributed by atoms with Gasteiger partial charge in [-0.25, -0.2) is 0 Å². The zero-order valence-corrected chi connectivity index (χ0v) is 15.8. The molecule has 1 rings (SSSR count). The van der Waals surface area contributed by atoms with Crippen LogP contribution in [-0.4, -0.2) is 15.3 Å². The fourth-order valence-electron chi connectivity index (χ4n) is 2.31. The summed E-state index contributed by atoms with van der Waals surface area (Å²) in [5.74, 6) is 0. The minimum atomic E-state index is -2.09. The first-order chi connectivity index (χ1) is 11.1. The van der Waals surface area contributed by atoms with Crippen LogP contribution in [0.2, 0.25) is 0 Å². The number of hydrogen-bond donors (Lipinski definition) is 1. The molecule has 134 valence electrons. The molecule has 0 aliphatic carbocycles. The molecule has 23 heavy (non-hydrogen) atoms. The third-order valence-corrected chi connectivity index (χ3v) is 4.47. The third-order valence-electron chi connectivity index (χ3n) is 3.82. The second-order valence-electron chi connectivity index (χ2n) is 6.08. The van der Waals surface area contributed by atoms with Crippen molar-refractivity contribution in [1.82, 2.24) is 0 Å². The first-order valence-corrected chi connectivity index (χ1v) is 10.1. The lowest BCUT2D eigenvalue weighted by atomic mass is 10.1. The second kappa shape index (κ2) is 16.2. The highest BCUT2D eigenvalue weighted by atomic mass is 32.2. The molecule has 3 N–H and O–H groups in total. The summed E-state index contributed by atoms with van der Waals surface area (Å²) in [5.41, 5.74) is 4.92. The van der Waals surface area contributed by atoms with Crippen LogP contribution in [0, 0.1) is 6.92 Å². The van der Waals surface area contributed by atoms with E-state index in [1.807, 2.05) is 6.92 Å². The minimum absolute atomic E-state index is 0.339. The average Bonchev–Trinajstić information content (AvgIpc) is 2.54. The van der Waals surface area contributed by atoms with Crippen LogP contribution in [-0.2, 0) is 11.1 Å². The van der Waals surface area contributed by atoms with E-state index >= 15 is 0 Å². The van der Waals surface area contributed by atoms with Gasteiger partial charge >= 0.3 is 0 Å². The van der Waals surface area contributed by atoms with Crippen LogP contribution in [0.25, 0.3) is 0 Å². The number of aryl methyl sites for hydroxylation is 1. The van der Waals surface area contributed by atoms with E-state index in [4.69, 9.17) is 0 Å². The number of rotatable bonds is 11. The zero-order valence-electron chi connectivity index (χ0n) is 15.0. The van der Waals surface area contributed by atoms with E-state index in [9.17, 15) is 8.76 Å². The standard InChI is InChI=1S/C12H27N.C7H8O2S/c1-2-3-4-5-6-7-8-9-10-11-12-13;1-6-2-4-7(5-3-6)10(8)9/h2-13H2,1H3;2-5H,1H3,(H,8,9). The van der Waals surface area contributed by atoms with Gasteiger partial charge in [-0.15, -0.1) is 0 Å². The van der Waals surface area contributed by atoms with Gasteiger partial charge in [0.2, 0.25) is 0 Å². The maximum atomic E-state index is 10.3. The first-order valence-electron chi connectivity index (χ1n) is 9.07. The van der Waals surface area contributed by atoms with Gasteiger partial charge in [0.05, 0.1) is 6.54 Å². The van der Waals surface area contributed by atoms with Crippen molar-refractivity contribution in [3.05, 3.63) is 29.8 Å². The summed E-state index contributed by atoms with van der Waals surface area (Å²) < 4.78 is 20.6. The van der Waals surface area contributed by atoms with E-state index in [0.717, 1.165) is 12.1 Å². The Hall–Kier alpha value is -0.710. The molecule has 0 spiro atoms.